The number of nitrogen functional groups attached to an aromatic ring is 1. The largest absolute Gasteiger partial charge is 0.396 e. The molecule has 0 heterocycles. The monoisotopic (exact) mass is 287 g/mol. The first-order valence-electron chi connectivity index (χ1n) is 5.99. The zero-order valence-electron chi connectivity index (χ0n) is 11.1. The maximum Gasteiger partial charge on any atom is 0.261 e. The number of rotatable bonds is 2. The molecule has 0 fully saturated rings. The number of hydrogen-bond acceptors (Lipinski definition) is 3. The molecule has 2 aromatic rings. The summed E-state index contributed by atoms with van der Waals surface area (Å²) >= 11 is 0. The number of carbonyl (C=O) groups is 1. The highest BCUT2D eigenvalue weighted by Crippen LogP contribution is 2.22. The fourth-order valence-electron chi connectivity index (χ4n) is 1.79. The highest BCUT2D eigenvalue weighted by atomic mass is 19.1. The van der Waals surface area contributed by atoms with E-state index in [2.05, 4.69) is 5.32 Å². The van der Waals surface area contributed by atoms with Crippen LogP contribution in [0.25, 0.3) is 0 Å². The third-order valence-electron chi connectivity index (χ3n) is 2.96. The number of benzene rings is 2. The quantitative estimate of drug-likeness (QED) is 0.833. The van der Waals surface area contributed by atoms with Crippen LogP contribution in [0, 0.1) is 29.9 Å². The normalized spacial score (nSPS) is 10.0. The summed E-state index contributed by atoms with van der Waals surface area (Å²) in [6.45, 7) is 1.70. The second-order valence-corrected chi connectivity index (χ2v) is 4.42. The second kappa shape index (κ2) is 5.59. The molecule has 0 radical (unpaired) electrons. The molecule has 0 bridgehead atoms. The van der Waals surface area contributed by atoms with Gasteiger partial charge in [-0.2, -0.15) is 5.26 Å². The average molecular weight is 287 g/mol. The summed E-state index contributed by atoms with van der Waals surface area (Å²) < 4.78 is 27.4. The van der Waals surface area contributed by atoms with Gasteiger partial charge in [-0.3, -0.25) is 4.79 Å². The molecule has 0 atom stereocenters. The molecular weight excluding hydrogens is 276 g/mol. The Kier molecular flexibility index (Phi) is 3.85. The van der Waals surface area contributed by atoms with E-state index in [0.717, 1.165) is 12.1 Å². The topological polar surface area (TPSA) is 78.9 Å². The number of anilines is 2. The smallest absolute Gasteiger partial charge is 0.261 e. The molecule has 0 saturated heterocycles. The van der Waals surface area contributed by atoms with Gasteiger partial charge in [-0.05, 0) is 36.8 Å². The van der Waals surface area contributed by atoms with E-state index < -0.39 is 23.1 Å². The maximum absolute atomic E-state index is 13.8. The first-order valence-corrected chi connectivity index (χ1v) is 5.99. The lowest BCUT2D eigenvalue weighted by Crippen LogP contribution is -2.17. The van der Waals surface area contributed by atoms with Crippen molar-refractivity contribution in [2.45, 2.75) is 6.92 Å². The lowest BCUT2D eigenvalue weighted by Gasteiger charge is -2.10. The summed E-state index contributed by atoms with van der Waals surface area (Å²) in [5.41, 5.74) is 5.55. The van der Waals surface area contributed by atoms with E-state index in [1.54, 1.807) is 19.1 Å². The Morgan fingerprint density at radius 3 is 2.67 bits per heavy atom. The van der Waals surface area contributed by atoms with Gasteiger partial charge in [0.1, 0.15) is 11.4 Å². The summed E-state index contributed by atoms with van der Waals surface area (Å²) in [6.07, 6.45) is 0. The maximum atomic E-state index is 13.8. The van der Waals surface area contributed by atoms with Crippen LogP contribution in [0.3, 0.4) is 0 Å². The predicted octanol–water partition coefficient (Wildman–Crippen LogP) is 2.98. The number of nitriles is 1. The van der Waals surface area contributed by atoms with Crippen molar-refractivity contribution in [2.75, 3.05) is 11.1 Å². The van der Waals surface area contributed by atoms with Crippen molar-refractivity contribution in [2.24, 2.45) is 0 Å². The third-order valence-corrected chi connectivity index (χ3v) is 2.96. The van der Waals surface area contributed by atoms with E-state index in [0.29, 0.717) is 16.8 Å². The van der Waals surface area contributed by atoms with Gasteiger partial charge in [0.05, 0.1) is 17.3 Å². The minimum Gasteiger partial charge on any atom is -0.396 e. The van der Waals surface area contributed by atoms with E-state index in [9.17, 15) is 13.6 Å². The molecule has 0 aromatic heterocycles. The van der Waals surface area contributed by atoms with Gasteiger partial charge in [-0.1, -0.05) is 6.07 Å². The van der Waals surface area contributed by atoms with Gasteiger partial charge in [0.2, 0.25) is 0 Å². The summed E-state index contributed by atoms with van der Waals surface area (Å²) in [5.74, 6) is -3.08. The Balaban J connectivity index is 2.40. The van der Waals surface area contributed by atoms with Crippen molar-refractivity contribution in [1.82, 2.24) is 0 Å². The summed E-state index contributed by atoms with van der Waals surface area (Å²) in [5, 5.41) is 11.2. The summed E-state index contributed by atoms with van der Waals surface area (Å²) in [6, 6.07) is 8.51. The van der Waals surface area contributed by atoms with Crippen LogP contribution in [0.5, 0.6) is 0 Å². The van der Waals surface area contributed by atoms with Crippen LogP contribution < -0.4 is 11.1 Å². The van der Waals surface area contributed by atoms with Crippen LogP contribution in [0.2, 0.25) is 0 Å². The van der Waals surface area contributed by atoms with Crippen molar-refractivity contribution in [1.29, 1.82) is 5.26 Å². The van der Waals surface area contributed by atoms with E-state index in [-0.39, 0.29) is 5.69 Å². The molecule has 0 spiro atoms. The zero-order valence-corrected chi connectivity index (χ0v) is 11.1. The Morgan fingerprint density at radius 1 is 1.29 bits per heavy atom. The lowest BCUT2D eigenvalue weighted by molar-refractivity contribution is 0.101. The molecule has 106 valence electrons. The molecule has 0 aliphatic carbocycles. The predicted molar refractivity (Wildman–Crippen MR) is 74.6 cm³/mol. The first kappa shape index (κ1) is 14.5. The standard InChI is InChI=1S/C15H11F2N3O/c1-8-2-3-9(7-18)6-12(8)20-15(21)13-10(16)4-5-11(19)14(13)17/h2-6H,19H2,1H3,(H,20,21). The number of aryl methyl sites for hydroxylation is 1. The molecular formula is C15H11F2N3O. The molecule has 0 unspecified atom stereocenters. The fraction of sp³-hybridized carbons (Fsp3) is 0.0667. The highest BCUT2D eigenvalue weighted by molar-refractivity contribution is 6.05. The van der Waals surface area contributed by atoms with Crippen molar-refractivity contribution in [3.05, 3.63) is 58.7 Å². The molecule has 2 rings (SSSR count). The van der Waals surface area contributed by atoms with Gasteiger partial charge in [0.25, 0.3) is 5.91 Å². The average Bonchev–Trinajstić information content (AvgIpc) is 2.46. The minimum atomic E-state index is -1.11. The van der Waals surface area contributed by atoms with Crippen LogP contribution in [-0.4, -0.2) is 5.91 Å². The van der Waals surface area contributed by atoms with Crippen LogP contribution in [0.1, 0.15) is 21.5 Å². The third kappa shape index (κ3) is 2.82. The Labute approximate surface area is 119 Å². The number of amides is 1. The number of nitrogens with one attached hydrogen (secondary N) is 1. The van der Waals surface area contributed by atoms with Gasteiger partial charge in [0, 0.05) is 5.69 Å². The van der Waals surface area contributed by atoms with Crippen LogP contribution in [-0.2, 0) is 0 Å². The van der Waals surface area contributed by atoms with Gasteiger partial charge >= 0.3 is 0 Å². The number of nitrogens with two attached hydrogens (primary N) is 1. The first-order chi connectivity index (χ1) is 9.93. The van der Waals surface area contributed by atoms with Crippen molar-refractivity contribution in [3.8, 4) is 6.07 Å². The van der Waals surface area contributed by atoms with Crippen LogP contribution >= 0.6 is 0 Å². The number of halogens is 2. The van der Waals surface area contributed by atoms with E-state index in [1.165, 1.54) is 6.07 Å². The molecule has 3 N–H and O–H groups in total. The SMILES string of the molecule is Cc1ccc(C#N)cc1NC(=O)c1c(F)ccc(N)c1F. The molecule has 0 saturated carbocycles. The lowest BCUT2D eigenvalue weighted by atomic mass is 10.1. The molecule has 0 aliphatic rings. The molecule has 1 amide bonds. The Morgan fingerprint density at radius 2 is 2.00 bits per heavy atom. The van der Waals surface area contributed by atoms with Gasteiger partial charge in [-0.15, -0.1) is 0 Å². The summed E-state index contributed by atoms with van der Waals surface area (Å²) in [4.78, 5) is 12.0. The van der Waals surface area contributed by atoms with Crippen molar-refractivity contribution < 1.29 is 13.6 Å². The Hall–Kier alpha value is -2.94. The van der Waals surface area contributed by atoms with E-state index in [4.69, 9.17) is 11.0 Å². The number of carbonyl (C=O) groups excluding carboxylic acids is 1. The Bertz CT molecular complexity index is 766. The van der Waals surface area contributed by atoms with Gasteiger partial charge in [0.15, 0.2) is 5.82 Å². The van der Waals surface area contributed by atoms with Crippen LogP contribution in [0.15, 0.2) is 30.3 Å². The van der Waals surface area contributed by atoms with Gasteiger partial charge < -0.3 is 11.1 Å². The van der Waals surface area contributed by atoms with Crippen molar-refractivity contribution >= 4 is 17.3 Å². The molecule has 21 heavy (non-hydrogen) atoms. The van der Waals surface area contributed by atoms with E-state index in [1.807, 2.05) is 6.07 Å². The molecule has 0 aliphatic heterocycles. The molecule has 2 aromatic carbocycles. The minimum absolute atomic E-state index is 0.306. The molecule has 6 heteroatoms. The zero-order chi connectivity index (χ0) is 15.6. The highest BCUT2D eigenvalue weighted by Gasteiger charge is 2.20. The van der Waals surface area contributed by atoms with Crippen LogP contribution in [0.4, 0.5) is 20.2 Å². The number of nitrogens with zero attached hydrogens (tertiary/aromatic N) is 1. The van der Waals surface area contributed by atoms with E-state index >= 15 is 0 Å². The number of hydrogen-bond donors (Lipinski definition) is 2. The van der Waals surface area contributed by atoms with Gasteiger partial charge in [-0.25, -0.2) is 8.78 Å². The fourth-order valence-corrected chi connectivity index (χ4v) is 1.79. The molecule has 4 nitrogen and oxygen atoms in total. The summed E-state index contributed by atoms with van der Waals surface area (Å²) in [7, 11) is 0. The van der Waals surface area contributed by atoms with Crippen molar-refractivity contribution in [3.63, 3.8) is 0 Å². The second-order valence-electron chi connectivity index (χ2n) is 4.42.